The molecule has 1 fully saturated rings. The highest BCUT2D eigenvalue weighted by Gasteiger charge is 2.44. The molecule has 0 aliphatic carbocycles. The number of nitrogens with zero attached hydrogens (tertiary/aromatic N) is 1. The van der Waals surface area contributed by atoms with E-state index in [4.69, 9.17) is 4.74 Å². The molecule has 0 bridgehead atoms. The van der Waals surface area contributed by atoms with Gasteiger partial charge in [0.1, 0.15) is 6.04 Å². The molecule has 2 N–H and O–H groups in total. The van der Waals surface area contributed by atoms with Crippen LogP contribution < -0.4 is 10.6 Å². The van der Waals surface area contributed by atoms with Crippen LogP contribution in [0.1, 0.15) is 55.8 Å². The summed E-state index contributed by atoms with van der Waals surface area (Å²) in [6.45, 7) is 0.974. The molecule has 9 heteroatoms. The third kappa shape index (κ3) is 5.93. The van der Waals surface area contributed by atoms with Gasteiger partial charge in [-0.05, 0) is 51.6 Å². The number of ether oxygens (including phenoxy) is 1. The van der Waals surface area contributed by atoms with Crippen molar-refractivity contribution in [3.8, 4) is 0 Å². The van der Waals surface area contributed by atoms with Gasteiger partial charge in [-0.2, -0.15) is 0 Å². The fourth-order valence-electron chi connectivity index (χ4n) is 5.53. The first-order valence-electron chi connectivity index (χ1n) is 14.1. The molecule has 4 aromatic carbocycles. The number of amides is 5. The lowest BCUT2D eigenvalue weighted by Crippen LogP contribution is -2.54. The lowest BCUT2D eigenvalue weighted by Gasteiger charge is -2.27. The maximum atomic E-state index is 13.0. The molecule has 1 atom stereocenters. The lowest BCUT2D eigenvalue weighted by molar-refractivity contribution is -0.136. The van der Waals surface area contributed by atoms with E-state index in [1.165, 1.54) is 0 Å². The van der Waals surface area contributed by atoms with Crippen LogP contribution in [0.3, 0.4) is 0 Å². The average Bonchev–Trinajstić information content (AvgIpc) is 3.25. The number of nitrogens with one attached hydrogen (secondary N) is 2. The summed E-state index contributed by atoms with van der Waals surface area (Å²) in [5.74, 6) is -2.17. The van der Waals surface area contributed by atoms with Crippen molar-refractivity contribution in [3.05, 3.63) is 118 Å². The lowest BCUT2D eigenvalue weighted by atomic mass is 10.0. The van der Waals surface area contributed by atoms with Crippen LogP contribution in [0, 0.1) is 0 Å². The van der Waals surface area contributed by atoms with Crippen molar-refractivity contribution < 1.29 is 28.7 Å². The molecule has 216 valence electrons. The van der Waals surface area contributed by atoms with E-state index in [0.29, 0.717) is 19.6 Å². The van der Waals surface area contributed by atoms with Gasteiger partial charge in [-0.1, -0.05) is 72.8 Å². The minimum Gasteiger partial charge on any atom is -0.372 e. The Kier molecular flexibility index (Phi) is 7.81. The second-order valence-corrected chi connectivity index (χ2v) is 10.7. The number of hydrogen-bond donors (Lipinski definition) is 2. The Labute approximate surface area is 247 Å². The normalized spacial score (nSPS) is 16.4. The van der Waals surface area contributed by atoms with Gasteiger partial charge in [-0.25, -0.2) is 0 Å². The van der Waals surface area contributed by atoms with E-state index in [-0.39, 0.29) is 36.5 Å². The number of piperidine rings is 1. The van der Waals surface area contributed by atoms with Gasteiger partial charge in [-0.15, -0.1) is 0 Å². The SMILES string of the molecule is O=C(Cc1cccc2ccccc12)NCc1ccc(COCc2ccc3c(c2)C(=O)N(C2CCC(=O)NC2=O)C3=O)cc1. The van der Waals surface area contributed by atoms with E-state index in [2.05, 4.69) is 10.6 Å². The summed E-state index contributed by atoms with van der Waals surface area (Å²) >= 11 is 0. The predicted octanol–water partition coefficient (Wildman–Crippen LogP) is 3.82. The van der Waals surface area contributed by atoms with Crippen LogP contribution in [0.15, 0.2) is 84.9 Å². The number of imide groups is 2. The maximum Gasteiger partial charge on any atom is 0.262 e. The van der Waals surface area contributed by atoms with Crippen molar-refractivity contribution >= 4 is 40.3 Å². The van der Waals surface area contributed by atoms with Gasteiger partial charge in [0, 0.05) is 13.0 Å². The Bertz CT molecular complexity index is 1760. The highest BCUT2D eigenvalue weighted by molar-refractivity contribution is 6.23. The van der Waals surface area contributed by atoms with Gasteiger partial charge in [0.2, 0.25) is 17.7 Å². The summed E-state index contributed by atoms with van der Waals surface area (Å²) < 4.78 is 5.86. The van der Waals surface area contributed by atoms with E-state index in [9.17, 15) is 24.0 Å². The minimum atomic E-state index is -0.995. The molecule has 0 spiro atoms. The third-order valence-corrected chi connectivity index (χ3v) is 7.79. The van der Waals surface area contributed by atoms with Gasteiger partial charge < -0.3 is 10.1 Å². The van der Waals surface area contributed by atoms with Gasteiger partial charge in [0.15, 0.2) is 0 Å². The van der Waals surface area contributed by atoms with Crippen LogP contribution in [0.2, 0.25) is 0 Å². The van der Waals surface area contributed by atoms with Crippen LogP contribution in [-0.2, 0) is 45.3 Å². The topological polar surface area (TPSA) is 122 Å². The smallest absolute Gasteiger partial charge is 0.262 e. The van der Waals surface area contributed by atoms with E-state index in [1.54, 1.807) is 18.2 Å². The second-order valence-electron chi connectivity index (χ2n) is 10.7. The molecule has 0 radical (unpaired) electrons. The van der Waals surface area contributed by atoms with E-state index in [0.717, 1.165) is 37.9 Å². The van der Waals surface area contributed by atoms with Gasteiger partial charge in [0.25, 0.3) is 11.8 Å². The van der Waals surface area contributed by atoms with Crippen molar-refractivity contribution in [2.24, 2.45) is 0 Å². The highest BCUT2D eigenvalue weighted by atomic mass is 16.5. The molecule has 1 saturated heterocycles. The van der Waals surface area contributed by atoms with Crippen LogP contribution in [0.4, 0.5) is 0 Å². The Balaban J connectivity index is 0.993. The number of fused-ring (bicyclic) bond motifs is 2. The maximum absolute atomic E-state index is 13.0. The van der Waals surface area contributed by atoms with Crippen molar-refractivity contribution in [1.82, 2.24) is 15.5 Å². The Morgan fingerprint density at radius 3 is 2.33 bits per heavy atom. The Morgan fingerprint density at radius 1 is 0.814 bits per heavy atom. The van der Waals surface area contributed by atoms with E-state index >= 15 is 0 Å². The Morgan fingerprint density at radius 2 is 1.51 bits per heavy atom. The molecule has 2 heterocycles. The molecule has 9 nitrogen and oxygen atoms in total. The van der Waals surface area contributed by atoms with Gasteiger partial charge in [-0.3, -0.25) is 34.2 Å². The number of benzene rings is 4. The van der Waals surface area contributed by atoms with Crippen molar-refractivity contribution in [2.75, 3.05) is 0 Å². The van der Waals surface area contributed by atoms with E-state index < -0.39 is 29.7 Å². The number of hydrogen-bond acceptors (Lipinski definition) is 6. The summed E-state index contributed by atoms with van der Waals surface area (Å²) in [6.07, 6.45) is 0.497. The summed E-state index contributed by atoms with van der Waals surface area (Å²) in [6, 6.07) is 25.7. The molecule has 2 aliphatic rings. The molecular weight excluding hydrogens is 546 g/mol. The first-order valence-corrected chi connectivity index (χ1v) is 14.1. The zero-order valence-corrected chi connectivity index (χ0v) is 23.3. The van der Waals surface area contributed by atoms with Crippen molar-refractivity contribution in [2.45, 2.75) is 45.1 Å². The van der Waals surface area contributed by atoms with Crippen molar-refractivity contribution in [1.29, 1.82) is 0 Å². The fraction of sp³-hybridized carbons (Fsp3) is 0.206. The predicted molar refractivity (Wildman–Crippen MR) is 158 cm³/mol. The first-order chi connectivity index (χ1) is 20.9. The van der Waals surface area contributed by atoms with E-state index in [1.807, 2.05) is 66.7 Å². The van der Waals surface area contributed by atoms with Crippen LogP contribution >= 0.6 is 0 Å². The molecule has 6 rings (SSSR count). The number of carbonyl (C=O) groups is 5. The third-order valence-electron chi connectivity index (χ3n) is 7.79. The second kappa shape index (κ2) is 12.0. The molecule has 4 aromatic rings. The van der Waals surface area contributed by atoms with Gasteiger partial charge in [0.05, 0.1) is 30.8 Å². The zero-order valence-electron chi connectivity index (χ0n) is 23.3. The largest absolute Gasteiger partial charge is 0.372 e. The molecule has 0 aromatic heterocycles. The monoisotopic (exact) mass is 575 g/mol. The van der Waals surface area contributed by atoms with Crippen LogP contribution in [0.25, 0.3) is 10.8 Å². The molecular formula is C34H29N3O6. The molecule has 5 amide bonds. The van der Waals surface area contributed by atoms with Crippen molar-refractivity contribution in [3.63, 3.8) is 0 Å². The zero-order chi connectivity index (χ0) is 29.9. The highest BCUT2D eigenvalue weighted by Crippen LogP contribution is 2.28. The standard InChI is InChI=1S/C34H29N3O6/c38-30-15-14-29(32(40)36-30)37-33(41)27-13-12-23(16-28(27)34(37)42)20-43-19-22-10-8-21(9-11-22)18-35-31(39)17-25-6-3-5-24-4-1-2-7-26(24)25/h1-13,16,29H,14-15,17-20H2,(H,35,39)(H,36,38,40). The quantitative estimate of drug-likeness (QED) is 0.293. The summed E-state index contributed by atoms with van der Waals surface area (Å²) in [4.78, 5) is 63.2. The van der Waals surface area contributed by atoms with Crippen LogP contribution in [-0.4, -0.2) is 40.5 Å². The van der Waals surface area contributed by atoms with Crippen LogP contribution in [0.5, 0.6) is 0 Å². The minimum absolute atomic E-state index is 0.0430. The first kappa shape index (κ1) is 28.0. The average molecular weight is 576 g/mol. The number of carbonyl (C=O) groups excluding carboxylic acids is 5. The number of rotatable bonds is 9. The summed E-state index contributed by atoms with van der Waals surface area (Å²) in [5, 5.41) is 7.38. The van der Waals surface area contributed by atoms with Gasteiger partial charge >= 0.3 is 0 Å². The Hall–Kier alpha value is -5.15. The fourth-order valence-corrected chi connectivity index (χ4v) is 5.53. The molecule has 43 heavy (non-hydrogen) atoms. The summed E-state index contributed by atoms with van der Waals surface area (Å²) in [5.41, 5.74) is 4.09. The molecule has 0 saturated carbocycles. The molecule has 1 unspecified atom stereocenters. The molecule has 2 aliphatic heterocycles. The summed E-state index contributed by atoms with van der Waals surface area (Å²) in [7, 11) is 0.